The van der Waals surface area contributed by atoms with E-state index in [4.69, 9.17) is 14.2 Å². The molecule has 8 nitrogen and oxygen atoms in total. The van der Waals surface area contributed by atoms with Crippen LogP contribution < -0.4 is 24.8 Å². The van der Waals surface area contributed by atoms with Crippen LogP contribution in [0.15, 0.2) is 42.5 Å². The molecule has 0 bridgehead atoms. The van der Waals surface area contributed by atoms with E-state index in [1.807, 2.05) is 31.2 Å². The van der Waals surface area contributed by atoms with Crippen LogP contribution in [0, 0.1) is 5.41 Å². The van der Waals surface area contributed by atoms with Crippen molar-refractivity contribution in [1.29, 1.82) is 0 Å². The van der Waals surface area contributed by atoms with Crippen molar-refractivity contribution in [1.82, 2.24) is 10.2 Å². The van der Waals surface area contributed by atoms with E-state index in [1.54, 1.807) is 44.4 Å². The summed E-state index contributed by atoms with van der Waals surface area (Å²) in [6.07, 6.45) is 1.18. The molecule has 32 heavy (non-hydrogen) atoms. The maximum absolute atomic E-state index is 12.8. The summed E-state index contributed by atoms with van der Waals surface area (Å²) in [5, 5.41) is 5.92. The molecule has 0 saturated carbocycles. The predicted molar refractivity (Wildman–Crippen MR) is 122 cm³/mol. The van der Waals surface area contributed by atoms with Crippen molar-refractivity contribution in [2.75, 3.05) is 39.7 Å². The third-order valence-electron chi connectivity index (χ3n) is 5.96. The Hall–Kier alpha value is -3.42. The summed E-state index contributed by atoms with van der Waals surface area (Å²) >= 11 is 0. The quantitative estimate of drug-likeness (QED) is 0.685. The minimum atomic E-state index is -0.513. The van der Waals surface area contributed by atoms with E-state index in [0.29, 0.717) is 49.7 Å². The second kappa shape index (κ2) is 10.3. The summed E-state index contributed by atoms with van der Waals surface area (Å²) in [6, 6.07) is 12.6. The number of urea groups is 1. The number of likely N-dealkylation sites (tertiary alicyclic amines) is 1. The molecule has 3 rings (SSSR count). The zero-order valence-electron chi connectivity index (χ0n) is 19.1. The van der Waals surface area contributed by atoms with Crippen molar-refractivity contribution >= 4 is 17.6 Å². The number of benzene rings is 2. The normalized spacial score (nSPS) is 14.9. The Morgan fingerprint density at radius 1 is 0.938 bits per heavy atom. The van der Waals surface area contributed by atoms with Crippen LogP contribution in [0.3, 0.4) is 0 Å². The highest BCUT2D eigenvalue weighted by molar-refractivity contribution is 5.91. The average molecular weight is 442 g/mol. The smallest absolute Gasteiger partial charge is 0.321 e. The average Bonchev–Trinajstić information content (AvgIpc) is 2.83. The van der Waals surface area contributed by atoms with Gasteiger partial charge in [0.05, 0.1) is 27.0 Å². The molecule has 0 unspecified atom stereocenters. The van der Waals surface area contributed by atoms with Crippen LogP contribution in [0.1, 0.15) is 25.3 Å². The lowest BCUT2D eigenvalue weighted by Crippen LogP contribution is -2.49. The topological polar surface area (TPSA) is 89.1 Å². The van der Waals surface area contributed by atoms with Crippen molar-refractivity contribution in [3.63, 3.8) is 0 Å². The molecule has 2 aromatic rings. The highest BCUT2D eigenvalue weighted by atomic mass is 16.5. The van der Waals surface area contributed by atoms with Gasteiger partial charge in [-0.3, -0.25) is 4.79 Å². The lowest BCUT2D eigenvalue weighted by atomic mass is 9.79. The maximum atomic E-state index is 12.8. The zero-order valence-corrected chi connectivity index (χ0v) is 19.1. The molecule has 0 aliphatic carbocycles. The first-order valence-electron chi connectivity index (χ1n) is 10.6. The molecule has 1 aliphatic rings. The van der Waals surface area contributed by atoms with Crippen LogP contribution in [0.2, 0.25) is 0 Å². The number of hydrogen-bond acceptors (Lipinski definition) is 5. The molecule has 8 heteroatoms. The predicted octanol–water partition coefficient (Wildman–Crippen LogP) is 3.66. The number of amides is 3. The fraction of sp³-hybridized carbons (Fsp3) is 0.417. The van der Waals surface area contributed by atoms with Gasteiger partial charge in [-0.1, -0.05) is 19.1 Å². The van der Waals surface area contributed by atoms with Gasteiger partial charge in [-0.25, -0.2) is 4.79 Å². The van der Waals surface area contributed by atoms with Gasteiger partial charge in [0.25, 0.3) is 0 Å². The maximum Gasteiger partial charge on any atom is 0.321 e. The molecular formula is C24H31N3O5. The van der Waals surface area contributed by atoms with Crippen molar-refractivity contribution in [2.45, 2.75) is 26.3 Å². The van der Waals surface area contributed by atoms with Crippen molar-refractivity contribution in [3.05, 3.63) is 48.0 Å². The SMILES string of the molecule is COc1ccc(CNC(=O)C2(C)CCN(C(=O)Nc3ccc(OC)cc3OC)CC2)cc1. The van der Waals surface area contributed by atoms with Gasteiger partial charge in [0, 0.05) is 31.1 Å². The Morgan fingerprint density at radius 2 is 1.56 bits per heavy atom. The fourth-order valence-corrected chi connectivity index (χ4v) is 3.67. The largest absolute Gasteiger partial charge is 0.497 e. The van der Waals surface area contributed by atoms with Crippen molar-refractivity contribution < 1.29 is 23.8 Å². The summed E-state index contributed by atoms with van der Waals surface area (Å²) in [5.74, 6) is 1.96. The van der Waals surface area contributed by atoms with Gasteiger partial charge in [-0.15, -0.1) is 0 Å². The Kier molecular flexibility index (Phi) is 7.45. The van der Waals surface area contributed by atoms with E-state index in [0.717, 1.165) is 11.3 Å². The van der Waals surface area contributed by atoms with Gasteiger partial charge in [0.1, 0.15) is 17.2 Å². The van der Waals surface area contributed by atoms with E-state index in [1.165, 1.54) is 0 Å². The first kappa shape index (κ1) is 23.2. The number of piperidine rings is 1. The summed E-state index contributed by atoms with van der Waals surface area (Å²) in [5.41, 5.74) is 1.07. The van der Waals surface area contributed by atoms with Crippen molar-refractivity contribution in [2.24, 2.45) is 5.41 Å². The Balaban J connectivity index is 1.52. The number of carbonyl (C=O) groups excluding carboxylic acids is 2. The molecule has 0 spiro atoms. The molecular weight excluding hydrogens is 410 g/mol. The lowest BCUT2D eigenvalue weighted by molar-refractivity contribution is -0.132. The van der Waals surface area contributed by atoms with E-state index in [9.17, 15) is 9.59 Å². The molecule has 172 valence electrons. The minimum Gasteiger partial charge on any atom is -0.497 e. The van der Waals surface area contributed by atoms with Crippen molar-refractivity contribution in [3.8, 4) is 17.2 Å². The Bertz CT molecular complexity index is 937. The van der Waals surface area contributed by atoms with E-state index < -0.39 is 5.41 Å². The highest BCUT2D eigenvalue weighted by Gasteiger charge is 2.38. The number of nitrogens with zero attached hydrogens (tertiary/aromatic N) is 1. The van der Waals surface area contributed by atoms with Gasteiger partial charge < -0.3 is 29.7 Å². The molecule has 1 heterocycles. The second-order valence-corrected chi connectivity index (χ2v) is 8.07. The molecule has 3 amide bonds. The standard InChI is InChI=1S/C24H31N3O5/c1-24(22(28)25-16-17-5-7-18(30-2)8-6-17)11-13-27(14-12-24)23(29)26-20-10-9-19(31-3)15-21(20)32-4/h5-10,15H,11-14,16H2,1-4H3,(H,25,28)(H,26,29). The molecule has 0 atom stereocenters. The number of rotatable bonds is 7. The highest BCUT2D eigenvalue weighted by Crippen LogP contribution is 2.33. The molecule has 0 radical (unpaired) electrons. The second-order valence-electron chi connectivity index (χ2n) is 8.07. The monoisotopic (exact) mass is 441 g/mol. The number of nitrogens with one attached hydrogen (secondary N) is 2. The van der Waals surface area contributed by atoms with Gasteiger partial charge in [0.15, 0.2) is 0 Å². The third kappa shape index (κ3) is 5.43. The Labute approximate surface area is 188 Å². The minimum absolute atomic E-state index is 0.00481. The first-order chi connectivity index (χ1) is 15.4. The number of anilines is 1. The van der Waals surface area contributed by atoms with Crippen LogP contribution in [0.4, 0.5) is 10.5 Å². The van der Waals surface area contributed by atoms with Gasteiger partial charge >= 0.3 is 6.03 Å². The molecule has 2 N–H and O–H groups in total. The fourth-order valence-electron chi connectivity index (χ4n) is 3.67. The number of methoxy groups -OCH3 is 3. The third-order valence-corrected chi connectivity index (χ3v) is 5.96. The van der Waals surface area contributed by atoms with Gasteiger partial charge in [0.2, 0.25) is 5.91 Å². The zero-order chi connectivity index (χ0) is 23.1. The van der Waals surface area contributed by atoms with Crippen LogP contribution in [-0.4, -0.2) is 51.3 Å². The van der Waals surface area contributed by atoms with E-state index in [2.05, 4.69) is 10.6 Å². The van der Waals surface area contributed by atoms with Gasteiger partial charge in [-0.05, 0) is 42.7 Å². The van der Waals surface area contributed by atoms with Gasteiger partial charge in [-0.2, -0.15) is 0 Å². The molecule has 1 saturated heterocycles. The molecule has 1 aliphatic heterocycles. The number of carbonyl (C=O) groups is 2. The summed E-state index contributed by atoms with van der Waals surface area (Å²) in [6.45, 7) is 3.41. The van der Waals surface area contributed by atoms with E-state index >= 15 is 0 Å². The molecule has 2 aromatic carbocycles. The Morgan fingerprint density at radius 3 is 2.16 bits per heavy atom. The van der Waals surface area contributed by atoms with Crippen LogP contribution in [-0.2, 0) is 11.3 Å². The lowest BCUT2D eigenvalue weighted by Gasteiger charge is -2.38. The van der Waals surface area contributed by atoms with E-state index in [-0.39, 0.29) is 11.9 Å². The summed E-state index contributed by atoms with van der Waals surface area (Å²) < 4.78 is 15.7. The first-order valence-corrected chi connectivity index (χ1v) is 10.6. The number of hydrogen-bond donors (Lipinski definition) is 2. The van der Waals surface area contributed by atoms with Crippen LogP contribution in [0.25, 0.3) is 0 Å². The molecule has 0 aromatic heterocycles. The summed E-state index contributed by atoms with van der Waals surface area (Å²) in [4.78, 5) is 27.3. The summed E-state index contributed by atoms with van der Waals surface area (Å²) in [7, 11) is 4.74. The van der Waals surface area contributed by atoms with Crippen LogP contribution >= 0.6 is 0 Å². The molecule has 1 fully saturated rings. The van der Waals surface area contributed by atoms with Crippen LogP contribution in [0.5, 0.6) is 17.2 Å². The number of ether oxygens (including phenoxy) is 3.